The SMILES string of the molecule is CCn1ncc2cc(/C=C/C(=O)c3c(-c4ccccc4)c4cc(Cl)ccc4[nH]c3=O)ccc21. The molecule has 0 bridgehead atoms. The van der Waals surface area contributed by atoms with Gasteiger partial charge in [-0.05, 0) is 54.5 Å². The summed E-state index contributed by atoms with van der Waals surface area (Å²) >= 11 is 6.25. The Bertz CT molecular complexity index is 1600. The number of aromatic nitrogens is 3. The quantitative estimate of drug-likeness (QED) is 0.257. The maximum Gasteiger partial charge on any atom is 0.260 e. The number of ketones is 1. The smallest absolute Gasteiger partial charge is 0.260 e. The van der Waals surface area contributed by atoms with Crippen LogP contribution in [0.3, 0.4) is 0 Å². The lowest BCUT2D eigenvalue weighted by atomic mass is 9.94. The number of carbonyl (C=O) groups is 1. The lowest BCUT2D eigenvalue weighted by Gasteiger charge is -2.11. The monoisotopic (exact) mass is 453 g/mol. The van der Waals surface area contributed by atoms with E-state index in [1.54, 1.807) is 24.3 Å². The van der Waals surface area contributed by atoms with Crippen molar-refractivity contribution in [2.75, 3.05) is 0 Å². The molecule has 0 radical (unpaired) electrons. The highest BCUT2D eigenvalue weighted by Gasteiger charge is 2.19. The molecule has 162 valence electrons. The van der Waals surface area contributed by atoms with E-state index in [4.69, 9.17) is 11.6 Å². The first-order valence-electron chi connectivity index (χ1n) is 10.6. The molecule has 0 aliphatic rings. The van der Waals surface area contributed by atoms with Crippen LogP contribution in [0.5, 0.6) is 0 Å². The number of nitrogens with one attached hydrogen (secondary N) is 1. The number of benzene rings is 3. The number of pyridine rings is 1. The van der Waals surface area contributed by atoms with Gasteiger partial charge in [0.05, 0.1) is 17.3 Å². The molecule has 0 atom stereocenters. The number of nitrogens with zero attached hydrogens (tertiary/aromatic N) is 2. The third-order valence-electron chi connectivity index (χ3n) is 5.68. The number of carbonyl (C=O) groups excluding carboxylic acids is 1. The molecule has 2 aromatic heterocycles. The molecule has 0 aliphatic heterocycles. The van der Waals surface area contributed by atoms with Gasteiger partial charge in [-0.2, -0.15) is 5.10 Å². The molecule has 6 heteroatoms. The lowest BCUT2D eigenvalue weighted by molar-refractivity contribution is 0.104. The predicted molar refractivity (Wildman–Crippen MR) is 134 cm³/mol. The maximum atomic E-state index is 13.3. The van der Waals surface area contributed by atoms with Gasteiger partial charge in [-0.1, -0.05) is 54.1 Å². The summed E-state index contributed by atoms with van der Waals surface area (Å²) in [6.45, 7) is 2.83. The summed E-state index contributed by atoms with van der Waals surface area (Å²) < 4.78 is 1.92. The second kappa shape index (κ2) is 8.52. The maximum absolute atomic E-state index is 13.3. The molecule has 0 aliphatic carbocycles. The van der Waals surface area contributed by atoms with Crippen LogP contribution in [-0.4, -0.2) is 20.5 Å². The summed E-state index contributed by atoms with van der Waals surface area (Å²) in [7, 11) is 0. The first-order valence-corrected chi connectivity index (χ1v) is 11.0. The Balaban J connectivity index is 1.62. The Morgan fingerprint density at radius 1 is 1.09 bits per heavy atom. The number of rotatable bonds is 5. The van der Waals surface area contributed by atoms with Crippen LogP contribution < -0.4 is 5.56 Å². The van der Waals surface area contributed by atoms with Crippen molar-refractivity contribution < 1.29 is 4.79 Å². The van der Waals surface area contributed by atoms with Gasteiger partial charge >= 0.3 is 0 Å². The van der Waals surface area contributed by atoms with Crippen LogP contribution in [0, 0.1) is 0 Å². The van der Waals surface area contributed by atoms with Crippen LogP contribution in [0.15, 0.2) is 83.8 Å². The predicted octanol–water partition coefficient (Wildman–Crippen LogP) is 6.11. The molecule has 33 heavy (non-hydrogen) atoms. The van der Waals surface area contributed by atoms with Crippen molar-refractivity contribution in [2.24, 2.45) is 0 Å². The standard InChI is InChI=1S/C27H20ClN3O2/c1-2-31-23-12-8-17(14-19(23)16-29-31)9-13-24(32)26-25(18-6-4-3-5-7-18)21-15-20(28)10-11-22(21)30-27(26)33/h3-16H,2H2,1H3,(H,30,33)/b13-9+. The van der Waals surface area contributed by atoms with E-state index in [0.29, 0.717) is 16.1 Å². The van der Waals surface area contributed by atoms with E-state index in [2.05, 4.69) is 10.1 Å². The first-order chi connectivity index (χ1) is 16.0. The van der Waals surface area contributed by atoms with Crippen LogP contribution in [0.25, 0.3) is 39.0 Å². The molecule has 0 amide bonds. The van der Waals surface area contributed by atoms with E-state index in [-0.39, 0.29) is 11.3 Å². The zero-order valence-electron chi connectivity index (χ0n) is 17.9. The van der Waals surface area contributed by atoms with Crippen LogP contribution in [0.4, 0.5) is 0 Å². The molecule has 3 aromatic carbocycles. The largest absolute Gasteiger partial charge is 0.321 e. The molecule has 0 fully saturated rings. The van der Waals surface area contributed by atoms with Gasteiger partial charge in [0.15, 0.2) is 5.78 Å². The van der Waals surface area contributed by atoms with Crippen molar-refractivity contribution in [2.45, 2.75) is 13.5 Å². The second-order valence-electron chi connectivity index (χ2n) is 7.74. The molecule has 2 heterocycles. The van der Waals surface area contributed by atoms with E-state index in [0.717, 1.165) is 34.0 Å². The van der Waals surface area contributed by atoms with Crippen molar-refractivity contribution in [3.05, 3.63) is 106 Å². The van der Waals surface area contributed by atoms with Gasteiger partial charge in [0.1, 0.15) is 0 Å². The van der Waals surface area contributed by atoms with Gasteiger partial charge in [0.25, 0.3) is 5.56 Å². The highest BCUT2D eigenvalue weighted by molar-refractivity contribution is 6.31. The Morgan fingerprint density at radius 2 is 1.91 bits per heavy atom. The average Bonchev–Trinajstić information content (AvgIpc) is 3.25. The number of aromatic amines is 1. The highest BCUT2D eigenvalue weighted by atomic mass is 35.5. The van der Waals surface area contributed by atoms with Gasteiger partial charge in [-0.15, -0.1) is 0 Å². The van der Waals surface area contributed by atoms with E-state index in [1.165, 1.54) is 6.08 Å². The number of aryl methyl sites for hydroxylation is 1. The third-order valence-corrected chi connectivity index (χ3v) is 5.91. The zero-order valence-corrected chi connectivity index (χ0v) is 18.6. The minimum Gasteiger partial charge on any atom is -0.321 e. The number of hydrogen-bond donors (Lipinski definition) is 1. The van der Waals surface area contributed by atoms with E-state index in [9.17, 15) is 9.59 Å². The van der Waals surface area contributed by atoms with Crippen molar-refractivity contribution in [3.63, 3.8) is 0 Å². The molecule has 0 unspecified atom stereocenters. The molecular formula is C27H20ClN3O2. The zero-order chi connectivity index (χ0) is 22.9. The molecule has 1 N–H and O–H groups in total. The first kappa shape index (κ1) is 20.9. The summed E-state index contributed by atoms with van der Waals surface area (Å²) in [5.41, 5.74) is 3.53. The number of allylic oxidation sites excluding steroid dienone is 1. The summed E-state index contributed by atoms with van der Waals surface area (Å²) in [5, 5.41) is 6.61. The third kappa shape index (κ3) is 3.88. The average molecular weight is 454 g/mol. The molecule has 5 rings (SSSR count). The van der Waals surface area contributed by atoms with Gasteiger partial charge < -0.3 is 4.98 Å². The molecule has 0 saturated heterocycles. The van der Waals surface area contributed by atoms with Gasteiger partial charge in [-0.25, -0.2) is 0 Å². The van der Waals surface area contributed by atoms with E-state index in [1.807, 2.05) is 66.3 Å². The Hall–Kier alpha value is -3.96. The number of halogens is 1. The second-order valence-corrected chi connectivity index (χ2v) is 8.17. The van der Waals surface area contributed by atoms with Crippen molar-refractivity contribution in [1.29, 1.82) is 0 Å². The fourth-order valence-electron chi connectivity index (χ4n) is 4.12. The van der Waals surface area contributed by atoms with E-state index < -0.39 is 5.56 Å². The summed E-state index contributed by atoms with van der Waals surface area (Å²) in [6.07, 6.45) is 4.98. The van der Waals surface area contributed by atoms with Crippen LogP contribution in [0.2, 0.25) is 5.02 Å². The summed E-state index contributed by atoms with van der Waals surface area (Å²) in [5.74, 6) is -0.374. The number of fused-ring (bicyclic) bond motifs is 2. The van der Waals surface area contributed by atoms with Crippen molar-refractivity contribution in [3.8, 4) is 11.1 Å². The molecule has 0 saturated carbocycles. The molecule has 5 aromatic rings. The van der Waals surface area contributed by atoms with Crippen molar-refractivity contribution >= 4 is 45.3 Å². The molecule has 0 spiro atoms. The minimum atomic E-state index is -0.432. The van der Waals surface area contributed by atoms with Gasteiger partial charge in [0.2, 0.25) is 0 Å². The van der Waals surface area contributed by atoms with Crippen molar-refractivity contribution in [1.82, 2.24) is 14.8 Å². The van der Waals surface area contributed by atoms with Crippen LogP contribution in [-0.2, 0) is 6.54 Å². The Kier molecular flexibility index (Phi) is 5.40. The number of H-pyrrole nitrogens is 1. The molecule has 5 nitrogen and oxygen atoms in total. The normalized spacial score (nSPS) is 11.6. The summed E-state index contributed by atoms with van der Waals surface area (Å²) in [6, 6.07) is 20.5. The molecular weight excluding hydrogens is 434 g/mol. The van der Waals surface area contributed by atoms with Crippen LogP contribution in [0.1, 0.15) is 22.8 Å². The fourth-order valence-corrected chi connectivity index (χ4v) is 4.29. The van der Waals surface area contributed by atoms with Crippen LogP contribution >= 0.6 is 11.6 Å². The Morgan fingerprint density at radius 3 is 2.70 bits per heavy atom. The number of hydrogen-bond acceptors (Lipinski definition) is 3. The van der Waals surface area contributed by atoms with Gasteiger partial charge in [0, 0.05) is 33.4 Å². The highest BCUT2D eigenvalue weighted by Crippen LogP contribution is 2.31. The lowest BCUT2D eigenvalue weighted by Crippen LogP contribution is -2.18. The van der Waals surface area contributed by atoms with E-state index >= 15 is 0 Å². The minimum absolute atomic E-state index is 0.0899. The van der Waals surface area contributed by atoms with Gasteiger partial charge in [-0.3, -0.25) is 14.3 Å². The Labute approximate surface area is 194 Å². The summed E-state index contributed by atoms with van der Waals surface area (Å²) in [4.78, 5) is 29.2. The fraction of sp³-hybridized carbons (Fsp3) is 0.0741. The topological polar surface area (TPSA) is 67.8 Å².